The molecule has 0 aromatic heterocycles. The average Bonchev–Trinajstić information content (AvgIpc) is 3.20. The van der Waals surface area contributed by atoms with E-state index < -0.39 is 5.91 Å². The Morgan fingerprint density at radius 1 is 1.16 bits per heavy atom. The van der Waals surface area contributed by atoms with Crippen molar-refractivity contribution in [1.29, 1.82) is 0 Å². The first-order valence-corrected chi connectivity index (χ1v) is 10.4. The molecule has 1 saturated heterocycles. The quantitative estimate of drug-likeness (QED) is 0.260. The van der Waals surface area contributed by atoms with Gasteiger partial charge in [0.25, 0.3) is 5.91 Å². The van der Waals surface area contributed by atoms with Crippen LogP contribution in [0.5, 0.6) is 5.75 Å². The molecule has 1 unspecified atom stereocenters. The molecule has 2 aromatic rings. The fourth-order valence-electron chi connectivity index (χ4n) is 3.67. The summed E-state index contributed by atoms with van der Waals surface area (Å²) in [7, 11) is 1.78. The average molecular weight is 537 g/mol. The highest BCUT2D eigenvalue weighted by molar-refractivity contribution is 14.0. The number of rotatable bonds is 9. The van der Waals surface area contributed by atoms with Gasteiger partial charge in [-0.25, -0.2) is 0 Å². The summed E-state index contributed by atoms with van der Waals surface area (Å²) < 4.78 is 5.36. The van der Waals surface area contributed by atoms with Gasteiger partial charge in [-0.3, -0.25) is 14.7 Å². The third-order valence-electron chi connectivity index (χ3n) is 5.20. The van der Waals surface area contributed by atoms with E-state index in [9.17, 15) is 4.79 Å². The molecule has 168 valence electrons. The summed E-state index contributed by atoms with van der Waals surface area (Å²) in [6.45, 7) is 3.45. The van der Waals surface area contributed by atoms with Crippen LogP contribution in [0.2, 0.25) is 0 Å². The van der Waals surface area contributed by atoms with Gasteiger partial charge in [-0.15, -0.1) is 24.0 Å². The van der Waals surface area contributed by atoms with Crippen LogP contribution in [0.3, 0.4) is 0 Å². The van der Waals surface area contributed by atoms with Crippen molar-refractivity contribution in [2.45, 2.75) is 32.0 Å². The van der Waals surface area contributed by atoms with Gasteiger partial charge in [0.1, 0.15) is 5.75 Å². The molecule has 3 rings (SSSR count). The number of amides is 1. The summed E-state index contributed by atoms with van der Waals surface area (Å²) in [6.07, 6.45) is 2.42. The Hall–Kier alpha value is -2.33. The van der Waals surface area contributed by atoms with Gasteiger partial charge < -0.3 is 21.1 Å². The highest BCUT2D eigenvalue weighted by Gasteiger charge is 2.24. The third-order valence-corrected chi connectivity index (χ3v) is 5.20. The lowest BCUT2D eigenvalue weighted by atomic mass is 10.2. The lowest BCUT2D eigenvalue weighted by Crippen LogP contribution is -2.44. The van der Waals surface area contributed by atoms with Gasteiger partial charge in [0, 0.05) is 32.7 Å². The van der Waals surface area contributed by atoms with Crippen molar-refractivity contribution in [2.75, 3.05) is 26.7 Å². The molecule has 4 N–H and O–H groups in total. The molecule has 1 aliphatic heterocycles. The number of hydrogen-bond acceptors (Lipinski definition) is 4. The first-order chi connectivity index (χ1) is 14.6. The number of primary amides is 1. The minimum atomic E-state index is -0.489. The molecule has 0 spiro atoms. The van der Waals surface area contributed by atoms with Crippen LogP contribution >= 0.6 is 24.0 Å². The zero-order chi connectivity index (χ0) is 21.2. The molecule has 1 atom stereocenters. The van der Waals surface area contributed by atoms with Crippen LogP contribution < -0.4 is 21.1 Å². The molecule has 0 radical (unpaired) electrons. The summed E-state index contributed by atoms with van der Waals surface area (Å²) in [6, 6.07) is 18.7. The zero-order valence-electron chi connectivity index (χ0n) is 17.9. The first kappa shape index (κ1) is 24.9. The molecule has 2 aromatic carbocycles. The van der Waals surface area contributed by atoms with Gasteiger partial charge in [-0.05, 0) is 42.6 Å². The van der Waals surface area contributed by atoms with Gasteiger partial charge in [0.2, 0.25) is 0 Å². The Morgan fingerprint density at radius 2 is 1.94 bits per heavy atom. The topological polar surface area (TPSA) is 92.0 Å². The number of carbonyl (C=O) groups excluding carboxylic acids is 1. The number of nitrogens with zero attached hydrogens (tertiary/aromatic N) is 2. The Balaban J connectivity index is 0.00000341. The number of nitrogens with two attached hydrogens (primary N) is 1. The smallest absolute Gasteiger partial charge is 0.255 e. The van der Waals surface area contributed by atoms with Gasteiger partial charge >= 0.3 is 0 Å². The van der Waals surface area contributed by atoms with Crippen molar-refractivity contribution < 1.29 is 9.53 Å². The highest BCUT2D eigenvalue weighted by atomic mass is 127. The fraction of sp³-hybridized carbons (Fsp3) is 0.391. The second-order valence-electron chi connectivity index (χ2n) is 7.46. The van der Waals surface area contributed by atoms with Crippen molar-refractivity contribution >= 4 is 35.8 Å². The maximum Gasteiger partial charge on any atom is 0.255 e. The Labute approximate surface area is 201 Å². The molecular weight excluding hydrogens is 505 g/mol. The molecule has 1 fully saturated rings. The first-order valence-electron chi connectivity index (χ1n) is 10.4. The van der Waals surface area contributed by atoms with Crippen molar-refractivity contribution in [3.05, 3.63) is 65.7 Å². The number of guanidine groups is 1. The van der Waals surface area contributed by atoms with Gasteiger partial charge in [-0.2, -0.15) is 0 Å². The number of nitrogens with one attached hydrogen (secondary N) is 2. The normalized spacial score (nSPS) is 16.4. The van der Waals surface area contributed by atoms with E-state index in [1.54, 1.807) is 13.1 Å². The molecule has 8 heteroatoms. The Morgan fingerprint density at radius 3 is 2.68 bits per heavy atom. The second-order valence-corrected chi connectivity index (χ2v) is 7.46. The maximum absolute atomic E-state index is 10.9. The number of aliphatic imine (C=N–C) groups is 1. The van der Waals surface area contributed by atoms with E-state index in [1.807, 2.05) is 18.2 Å². The molecule has 1 heterocycles. The molecule has 1 amide bonds. The van der Waals surface area contributed by atoms with Gasteiger partial charge in [-0.1, -0.05) is 42.5 Å². The number of likely N-dealkylation sites (tertiary alicyclic amines) is 1. The minimum Gasteiger partial charge on any atom is -0.484 e. The molecular formula is C23H32IN5O2. The van der Waals surface area contributed by atoms with Crippen LogP contribution in [0, 0.1) is 0 Å². The Kier molecular flexibility index (Phi) is 10.6. The predicted octanol–water partition coefficient (Wildman–Crippen LogP) is 2.50. The fourth-order valence-corrected chi connectivity index (χ4v) is 3.67. The molecule has 31 heavy (non-hydrogen) atoms. The van der Waals surface area contributed by atoms with Crippen molar-refractivity contribution in [1.82, 2.24) is 15.5 Å². The van der Waals surface area contributed by atoms with E-state index in [1.165, 1.54) is 18.4 Å². The SMILES string of the molecule is CN=C(NCc1cccc(OCC(N)=O)c1)NCC1CCCN1Cc1ccccc1.I. The molecule has 7 nitrogen and oxygen atoms in total. The summed E-state index contributed by atoms with van der Waals surface area (Å²) in [4.78, 5) is 17.8. The number of ether oxygens (including phenoxy) is 1. The van der Waals surface area contributed by atoms with Gasteiger partial charge in [0.15, 0.2) is 12.6 Å². The lowest BCUT2D eigenvalue weighted by Gasteiger charge is -2.25. The number of halogens is 1. The van der Waals surface area contributed by atoms with E-state index in [0.29, 0.717) is 18.3 Å². The van der Waals surface area contributed by atoms with Crippen LogP contribution in [0.4, 0.5) is 0 Å². The van der Waals surface area contributed by atoms with Crippen LogP contribution in [0.1, 0.15) is 24.0 Å². The zero-order valence-corrected chi connectivity index (χ0v) is 20.3. The molecule has 0 aliphatic carbocycles. The third kappa shape index (κ3) is 8.37. The molecule has 0 bridgehead atoms. The predicted molar refractivity (Wildman–Crippen MR) is 135 cm³/mol. The van der Waals surface area contributed by atoms with Crippen LogP contribution in [0.25, 0.3) is 0 Å². The van der Waals surface area contributed by atoms with Crippen LogP contribution in [-0.2, 0) is 17.9 Å². The van der Waals surface area contributed by atoms with E-state index in [-0.39, 0.29) is 30.6 Å². The van der Waals surface area contributed by atoms with Crippen molar-refractivity contribution in [3.63, 3.8) is 0 Å². The largest absolute Gasteiger partial charge is 0.484 e. The number of carbonyl (C=O) groups is 1. The Bertz CT molecular complexity index is 847. The summed E-state index contributed by atoms with van der Waals surface area (Å²) in [5.74, 6) is 0.903. The number of hydrogen-bond donors (Lipinski definition) is 3. The minimum absolute atomic E-state index is 0. The van der Waals surface area contributed by atoms with Crippen LogP contribution in [0.15, 0.2) is 59.6 Å². The van der Waals surface area contributed by atoms with E-state index >= 15 is 0 Å². The summed E-state index contributed by atoms with van der Waals surface area (Å²) in [5, 5.41) is 6.80. The number of benzene rings is 2. The van der Waals surface area contributed by atoms with E-state index in [2.05, 4.69) is 50.9 Å². The molecule has 0 saturated carbocycles. The second kappa shape index (κ2) is 13.2. The summed E-state index contributed by atoms with van der Waals surface area (Å²) in [5.41, 5.74) is 7.51. The van der Waals surface area contributed by atoms with E-state index in [4.69, 9.17) is 10.5 Å². The van der Waals surface area contributed by atoms with Crippen LogP contribution in [-0.4, -0.2) is 49.6 Å². The standard InChI is InChI=1S/C23H31N5O2.HI/c1-25-23(26-14-19-9-5-11-21(13-19)30-17-22(24)29)27-15-20-10-6-12-28(20)16-18-7-3-2-4-8-18;/h2-5,7-9,11,13,20H,6,10,12,14-17H2,1H3,(H2,24,29)(H2,25,26,27);1H. The lowest BCUT2D eigenvalue weighted by molar-refractivity contribution is -0.119. The molecule has 1 aliphatic rings. The van der Waals surface area contributed by atoms with Crippen molar-refractivity contribution in [3.8, 4) is 5.75 Å². The highest BCUT2D eigenvalue weighted by Crippen LogP contribution is 2.19. The summed E-state index contributed by atoms with van der Waals surface area (Å²) >= 11 is 0. The van der Waals surface area contributed by atoms with Gasteiger partial charge in [0.05, 0.1) is 0 Å². The van der Waals surface area contributed by atoms with E-state index in [0.717, 1.165) is 31.2 Å². The maximum atomic E-state index is 10.9. The monoisotopic (exact) mass is 537 g/mol. The van der Waals surface area contributed by atoms with Crippen molar-refractivity contribution in [2.24, 2.45) is 10.7 Å².